The van der Waals surface area contributed by atoms with Crippen molar-refractivity contribution in [2.45, 2.75) is 0 Å². The highest BCUT2D eigenvalue weighted by Gasteiger charge is 2.22. The van der Waals surface area contributed by atoms with Gasteiger partial charge in [-0.05, 0) is 53.6 Å². The molecule has 57 heavy (non-hydrogen) atoms. The number of hydrogen-bond donors (Lipinski definition) is 0. The fourth-order valence-electron chi connectivity index (χ4n) is 8.21. The summed E-state index contributed by atoms with van der Waals surface area (Å²) >= 11 is 3.32. The molecule has 4 heterocycles. The van der Waals surface area contributed by atoms with Crippen LogP contribution < -0.4 is 0 Å². The Morgan fingerprint density at radius 1 is 0.421 bits per heavy atom. The molecule has 0 amide bonds. The highest BCUT2D eigenvalue weighted by atomic mass is 32.1. The summed E-state index contributed by atoms with van der Waals surface area (Å²) in [7, 11) is 0. The van der Waals surface area contributed by atoms with E-state index < -0.39 is 6.04 Å². The van der Waals surface area contributed by atoms with E-state index in [9.17, 15) is 0 Å². The van der Waals surface area contributed by atoms with Crippen molar-refractivity contribution < 1.29 is 6.85 Å². The van der Waals surface area contributed by atoms with Crippen LogP contribution in [0.3, 0.4) is 0 Å². The Hall–Kier alpha value is -6.99. The maximum Gasteiger partial charge on any atom is 0.165 e. The fourth-order valence-corrected chi connectivity index (χ4v) is 10.6. The van der Waals surface area contributed by atoms with Crippen LogP contribution in [-0.4, -0.2) is 19.5 Å². The van der Waals surface area contributed by atoms with Gasteiger partial charge in [0.25, 0.3) is 0 Å². The number of nitrogens with zero attached hydrogens (tertiary/aromatic N) is 4. The summed E-state index contributed by atoms with van der Waals surface area (Å²) in [5.41, 5.74) is 6.18. The zero-order valence-electron chi connectivity index (χ0n) is 35.0. The minimum Gasteiger partial charge on any atom is -0.309 e. The molecule has 266 valence electrons. The van der Waals surface area contributed by atoms with Crippen LogP contribution in [0.4, 0.5) is 0 Å². The lowest BCUT2D eigenvalue weighted by atomic mass is 9.98. The molecule has 0 aliphatic rings. The Kier molecular flexibility index (Phi) is 6.18. The maximum atomic E-state index is 9.02. The second kappa shape index (κ2) is 12.8. The van der Waals surface area contributed by atoms with Crippen LogP contribution in [0.5, 0.6) is 0 Å². The van der Waals surface area contributed by atoms with E-state index in [2.05, 4.69) is 95.6 Å². The van der Waals surface area contributed by atoms with E-state index >= 15 is 0 Å². The van der Waals surface area contributed by atoms with Gasteiger partial charge < -0.3 is 4.57 Å². The van der Waals surface area contributed by atoms with E-state index in [1.165, 1.54) is 15.5 Å². The smallest absolute Gasteiger partial charge is 0.165 e. The molecule has 0 N–H and O–H groups in total. The van der Waals surface area contributed by atoms with Gasteiger partial charge in [0.2, 0.25) is 0 Å². The average molecular weight is 768 g/mol. The van der Waals surface area contributed by atoms with Gasteiger partial charge in [-0.3, -0.25) is 0 Å². The third-order valence-corrected chi connectivity index (χ3v) is 13.1. The molecule has 0 saturated heterocycles. The van der Waals surface area contributed by atoms with Gasteiger partial charge in [-0.1, -0.05) is 139 Å². The minimum absolute atomic E-state index is 0.163. The van der Waals surface area contributed by atoms with Crippen molar-refractivity contribution in [3.63, 3.8) is 0 Å². The van der Waals surface area contributed by atoms with Crippen molar-refractivity contribution in [1.82, 2.24) is 19.5 Å². The molecule has 4 aromatic heterocycles. The van der Waals surface area contributed by atoms with Crippen LogP contribution in [0.25, 0.3) is 113 Å². The molecule has 0 saturated carbocycles. The van der Waals surface area contributed by atoms with E-state index in [4.69, 9.17) is 21.8 Å². The van der Waals surface area contributed by atoms with Gasteiger partial charge in [0.1, 0.15) is 0 Å². The number of rotatable bonds is 5. The second-order valence-corrected chi connectivity index (χ2v) is 16.1. The molecular formula is C51H30N4S2. The fraction of sp³-hybridized carbons (Fsp3) is 0. The van der Waals surface area contributed by atoms with Crippen LogP contribution in [0, 0.1) is 0 Å². The maximum absolute atomic E-state index is 9.02. The summed E-state index contributed by atoms with van der Waals surface area (Å²) in [5, 5.41) is 6.29. The molecule has 8 aromatic carbocycles. The van der Waals surface area contributed by atoms with Crippen LogP contribution in [0.15, 0.2) is 182 Å². The Morgan fingerprint density at radius 2 is 1.07 bits per heavy atom. The lowest BCUT2D eigenvalue weighted by Crippen LogP contribution is -2.01. The molecule has 6 heteroatoms. The predicted octanol–water partition coefficient (Wildman–Crippen LogP) is 14.4. The Balaban J connectivity index is 1.19. The summed E-state index contributed by atoms with van der Waals surface area (Å²) in [6.07, 6.45) is 0. The first kappa shape index (κ1) is 27.6. The van der Waals surface area contributed by atoms with E-state index in [0.717, 1.165) is 69.1 Å². The van der Waals surface area contributed by atoms with Gasteiger partial charge in [-0.25, -0.2) is 15.0 Å². The van der Waals surface area contributed by atoms with Crippen molar-refractivity contribution in [1.29, 1.82) is 0 Å². The number of benzene rings is 8. The quantitative estimate of drug-likeness (QED) is 0.175. The summed E-state index contributed by atoms with van der Waals surface area (Å²) in [6, 6.07) is 50.0. The molecule has 0 bridgehead atoms. The first-order valence-electron chi connectivity index (χ1n) is 21.1. The standard InChI is InChI=1S/C51H30N4S2/c1-3-14-31(15-4-1)35-21-13-25-45-47(35)40-29-34(55-42-22-10-7-18-36(42)37-19-8-11-23-43(37)55)30-41(48(40)57-45)51-53-49(32-16-5-2-6-17-32)52-50(54-51)33-26-27-39-38-20-9-12-24-44(38)56-46(39)28-33/h1-30H/i1D,3D,4D,14D,15D. The Morgan fingerprint density at radius 3 is 1.86 bits per heavy atom. The highest BCUT2D eigenvalue weighted by molar-refractivity contribution is 7.26. The topological polar surface area (TPSA) is 43.6 Å². The molecule has 0 radical (unpaired) electrons. The molecule has 0 aliphatic carbocycles. The lowest BCUT2D eigenvalue weighted by molar-refractivity contribution is 1.08. The van der Waals surface area contributed by atoms with E-state index in [1.54, 1.807) is 22.7 Å². The largest absolute Gasteiger partial charge is 0.309 e. The molecule has 0 unspecified atom stereocenters. The molecule has 12 aromatic rings. The zero-order chi connectivity index (χ0) is 41.8. The van der Waals surface area contributed by atoms with Crippen molar-refractivity contribution >= 4 is 84.8 Å². The van der Waals surface area contributed by atoms with Gasteiger partial charge in [0.05, 0.1) is 17.9 Å². The van der Waals surface area contributed by atoms with E-state index in [-0.39, 0.29) is 29.7 Å². The third-order valence-electron chi connectivity index (χ3n) is 10.7. The normalized spacial score (nSPS) is 13.1. The third kappa shape index (κ3) is 5.15. The second-order valence-electron chi connectivity index (χ2n) is 14.0. The monoisotopic (exact) mass is 767 g/mol. The van der Waals surface area contributed by atoms with Gasteiger partial charge >= 0.3 is 0 Å². The Bertz CT molecular complexity index is 3750. The molecule has 12 rings (SSSR count). The van der Waals surface area contributed by atoms with Crippen LogP contribution in [0.1, 0.15) is 6.85 Å². The van der Waals surface area contributed by atoms with E-state index in [0.29, 0.717) is 23.0 Å². The lowest BCUT2D eigenvalue weighted by Gasteiger charge is -2.13. The van der Waals surface area contributed by atoms with Gasteiger partial charge in [0, 0.05) is 73.5 Å². The molecule has 0 aliphatic heterocycles. The average Bonchev–Trinajstić information content (AvgIpc) is 4.00. The van der Waals surface area contributed by atoms with Crippen molar-refractivity contribution in [2.75, 3.05) is 0 Å². The summed E-state index contributed by atoms with van der Waals surface area (Å²) in [6.45, 7) is 0. The van der Waals surface area contributed by atoms with Crippen LogP contribution >= 0.6 is 22.7 Å². The predicted molar refractivity (Wildman–Crippen MR) is 242 cm³/mol. The van der Waals surface area contributed by atoms with Crippen LogP contribution in [0.2, 0.25) is 0 Å². The van der Waals surface area contributed by atoms with Crippen molar-refractivity contribution in [3.8, 4) is 51.0 Å². The zero-order valence-corrected chi connectivity index (χ0v) is 31.7. The molecule has 0 fully saturated rings. The van der Waals surface area contributed by atoms with Crippen molar-refractivity contribution in [2.24, 2.45) is 0 Å². The minimum atomic E-state index is -0.423. The number of para-hydroxylation sites is 2. The molecule has 4 nitrogen and oxygen atoms in total. The van der Waals surface area contributed by atoms with Gasteiger partial charge in [0.15, 0.2) is 17.5 Å². The summed E-state index contributed by atoms with van der Waals surface area (Å²) in [4.78, 5) is 15.7. The molecule has 0 atom stereocenters. The number of hydrogen-bond acceptors (Lipinski definition) is 5. The SMILES string of the molecule is [2H]c1c([2H])c([2H])c(-c2cccc3sc4c(-c5nc(-c6ccccc6)nc(-c6ccc7c(c6)sc6ccccc67)n5)cc(-n5c6ccccc6c6ccccc65)cc4c23)c([2H])c1[2H]. The van der Waals surface area contributed by atoms with E-state index in [1.807, 2.05) is 60.7 Å². The molecule has 0 spiro atoms. The number of aromatic nitrogens is 4. The summed E-state index contributed by atoms with van der Waals surface area (Å²) < 4.78 is 49.9. The first-order valence-corrected chi connectivity index (χ1v) is 20.2. The van der Waals surface area contributed by atoms with Crippen LogP contribution in [-0.2, 0) is 0 Å². The molecular weight excluding hydrogens is 733 g/mol. The Labute approximate surface area is 342 Å². The van der Waals surface area contributed by atoms with Crippen molar-refractivity contribution in [3.05, 3.63) is 182 Å². The summed E-state index contributed by atoms with van der Waals surface area (Å²) in [5.74, 6) is 1.58. The van der Waals surface area contributed by atoms with Gasteiger partial charge in [-0.15, -0.1) is 22.7 Å². The first-order chi connectivity index (χ1) is 30.3. The number of thiophene rings is 2. The highest BCUT2D eigenvalue weighted by Crippen LogP contribution is 2.46. The van der Waals surface area contributed by atoms with Gasteiger partial charge in [-0.2, -0.15) is 0 Å². The number of fused-ring (bicyclic) bond motifs is 9.